The van der Waals surface area contributed by atoms with Gasteiger partial charge in [0.15, 0.2) is 5.11 Å². The Kier molecular flexibility index (Phi) is 4.21. The fourth-order valence-electron chi connectivity index (χ4n) is 2.61. The first kappa shape index (κ1) is 15.5. The lowest BCUT2D eigenvalue weighted by Crippen LogP contribution is -2.24. The first-order chi connectivity index (χ1) is 10.5. The van der Waals surface area contributed by atoms with E-state index in [0.29, 0.717) is 10.3 Å². The summed E-state index contributed by atoms with van der Waals surface area (Å²) in [5.41, 5.74) is 1.72. The van der Waals surface area contributed by atoms with Crippen molar-refractivity contribution in [3.8, 4) is 0 Å². The van der Waals surface area contributed by atoms with Crippen LogP contribution in [-0.4, -0.2) is 22.0 Å². The minimum absolute atomic E-state index is 0.0992. The Morgan fingerprint density at radius 3 is 2.59 bits per heavy atom. The van der Waals surface area contributed by atoms with Gasteiger partial charge in [-0.25, -0.2) is 9.37 Å². The van der Waals surface area contributed by atoms with E-state index in [0.717, 1.165) is 11.1 Å². The van der Waals surface area contributed by atoms with Gasteiger partial charge in [-0.15, -0.1) is 0 Å². The summed E-state index contributed by atoms with van der Waals surface area (Å²) < 4.78 is 13.8. The normalized spacial score (nSPS) is 21.1. The Hall–Kier alpha value is -1.43. The number of hydrogen-bond acceptors (Lipinski definition) is 2. The lowest BCUT2D eigenvalue weighted by molar-refractivity contribution is 0.371. The summed E-state index contributed by atoms with van der Waals surface area (Å²) in [5, 5.41) is 4.34. The van der Waals surface area contributed by atoms with Crippen LogP contribution in [0, 0.1) is 5.82 Å². The molecule has 1 N–H and O–H groups in total. The van der Waals surface area contributed by atoms with Crippen molar-refractivity contribution >= 4 is 40.5 Å². The third kappa shape index (κ3) is 2.76. The zero-order chi connectivity index (χ0) is 15.9. The van der Waals surface area contributed by atoms with Gasteiger partial charge in [0.1, 0.15) is 11.0 Å². The van der Waals surface area contributed by atoms with E-state index < -0.39 is 5.82 Å². The Morgan fingerprint density at radius 1 is 1.23 bits per heavy atom. The Bertz CT molecular complexity index is 723. The molecule has 0 amide bonds. The molecule has 114 valence electrons. The standard InChI is InChI=1S/C15H12Cl2FN3S/c1-21-14(9-3-5-12(17)19-7-9)13(20-15(21)22)8-2-4-10(16)11(18)6-8/h2-7,13-14H,1H3,(H,20,22)/t13-,14+/m1/s1. The second-order valence-electron chi connectivity index (χ2n) is 5.07. The molecule has 2 atom stereocenters. The number of rotatable bonds is 2. The van der Waals surface area contributed by atoms with Gasteiger partial charge in [-0.2, -0.15) is 0 Å². The number of pyridine rings is 1. The highest BCUT2D eigenvalue weighted by Crippen LogP contribution is 2.38. The number of thiocarbonyl (C=S) groups is 1. The average molecular weight is 356 g/mol. The minimum atomic E-state index is -0.450. The second kappa shape index (κ2) is 5.99. The Labute approximate surface area is 143 Å². The molecule has 3 nitrogen and oxygen atoms in total. The molecule has 0 aliphatic carbocycles. The topological polar surface area (TPSA) is 28.2 Å². The van der Waals surface area contributed by atoms with E-state index in [4.69, 9.17) is 35.4 Å². The van der Waals surface area contributed by atoms with Gasteiger partial charge in [-0.3, -0.25) is 0 Å². The largest absolute Gasteiger partial charge is 0.353 e. The molecule has 0 bridgehead atoms. The van der Waals surface area contributed by atoms with Gasteiger partial charge in [0, 0.05) is 13.2 Å². The maximum atomic E-state index is 13.8. The fourth-order valence-corrected chi connectivity index (χ4v) is 3.08. The van der Waals surface area contributed by atoms with Gasteiger partial charge in [0.05, 0.1) is 17.1 Å². The van der Waals surface area contributed by atoms with Crippen molar-refractivity contribution in [2.45, 2.75) is 12.1 Å². The zero-order valence-electron chi connectivity index (χ0n) is 11.6. The van der Waals surface area contributed by atoms with Crippen LogP contribution in [0.5, 0.6) is 0 Å². The number of nitrogens with zero attached hydrogens (tertiary/aromatic N) is 2. The van der Waals surface area contributed by atoms with E-state index in [9.17, 15) is 4.39 Å². The van der Waals surface area contributed by atoms with Crippen LogP contribution in [0.3, 0.4) is 0 Å². The maximum absolute atomic E-state index is 13.8. The van der Waals surface area contributed by atoms with Crippen LogP contribution >= 0.6 is 35.4 Å². The van der Waals surface area contributed by atoms with Crippen molar-refractivity contribution in [1.82, 2.24) is 15.2 Å². The van der Waals surface area contributed by atoms with Crippen molar-refractivity contribution in [3.63, 3.8) is 0 Å². The number of likely N-dealkylation sites (N-methyl/N-ethyl adjacent to an activating group) is 1. The molecule has 0 radical (unpaired) electrons. The predicted octanol–water partition coefficient (Wildman–Crippen LogP) is 4.13. The summed E-state index contributed by atoms with van der Waals surface area (Å²) in [6, 6.07) is 8.10. The number of aromatic nitrogens is 1. The maximum Gasteiger partial charge on any atom is 0.169 e. The number of hydrogen-bond donors (Lipinski definition) is 1. The Balaban J connectivity index is 2.02. The average Bonchev–Trinajstić information content (AvgIpc) is 2.79. The third-order valence-electron chi connectivity index (χ3n) is 3.73. The van der Waals surface area contributed by atoms with E-state index in [1.165, 1.54) is 6.07 Å². The molecule has 1 saturated heterocycles. The first-order valence-corrected chi connectivity index (χ1v) is 7.73. The SMILES string of the molecule is CN1C(=S)N[C@H](c2ccc(Cl)c(F)c2)[C@@H]1c1ccc(Cl)nc1. The molecule has 0 unspecified atom stereocenters. The van der Waals surface area contributed by atoms with Crippen LogP contribution in [-0.2, 0) is 0 Å². The van der Waals surface area contributed by atoms with E-state index >= 15 is 0 Å². The fraction of sp³-hybridized carbons (Fsp3) is 0.200. The molecule has 1 aromatic heterocycles. The van der Waals surface area contributed by atoms with Crippen LogP contribution in [0.1, 0.15) is 23.2 Å². The monoisotopic (exact) mass is 355 g/mol. The second-order valence-corrected chi connectivity index (χ2v) is 6.25. The van der Waals surface area contributed by atoms with Gasteiger partial charge >= 0.3 is 0 Å². The number of benzene rings is 1. The Morgan fingerprint density at radius 2 is 1.95 bits per heavy atom. The summed E-state index contributed by atoms with van der Waals surface area (Å²) >= 11 is 16.9. The molecule has 1 aliphatic heterocycles. The predicted molar refractivity (Wildman–Crippen MR) is 89.6 cm³/mol. The molecule has 1 aromatic carbocycles. The van der Waals surface area contributed by atoms with Crippen molar-refractivity contribution in [1.29, 1.82) is 0 Å². The van der Waals surface area contributed by atoms with Crippen LogP contribution in [0.25, 0.3) is 0 Å². The lowest BCUT2D eigenvalue weighted by Gasteiger charge is -2.24. The van der Waals surface area contributed by atoms with E-state index in [1.54, 1.807) is 24.4 Å². The summed E-state index contributed by atoms with van der Waals surface area (Å²) in [6.45, 7) is 0. The van der Waals surface area contributed by atoms with Crippen molar-refractivity contribution in [3.05, 3.63) is 63.6 Å². The molecular formula is C15H12Cl2FN3S. The van der Waals surface area contributed by atoms with Crippen LogP contribution in [0.15, 0.2) is 36.5 Å². The molecule has 22 heavy (non-hydrogen) atoms. The van der Waals surface area contributed by atoms with Crippen LogP contribution in [0.2, 0.25) is 10.2 Å². The summed E-state index contributed by atoms with van der Waals surface area (Å²) in [6.07, 6.45) is 1.71. The molecule has 2 aromatic rings. The molecule has 0 spiro atoms. The molecular weight excluding hydrogens is 344 g/mol. The van der Waals surface area contributed by atoms with Gasteiger partial charge in [-0.1, -0.05) is 35.3 Å². The van der Waals surface area contributed by atoms with Gasteiger partial charge in [0.2, 0.25) is 0 Å². The smallest absolute Gasteiger partial charge is 0.169 e. The molecule has 3 rings (SSSR count). The van der Waals surface area contributed by atoms with Gasteiger partial charge in [-0.05, 0) is 41.5 Å². The van der Waals surface area contributed by atoms with Crippen molar-refractivity contribution in [2.75, 3.05) is 7.05 Å². The quantitative estimate of drug-likeness (QED) is 0.647. The molecule has 1 fully saturated rings. The number of halogens is 3. The zero-order valence-corrected chi connectivity index (χ0v) is 13.9. The van der Waals surface area contributed by atoms with Gasteiger partial charge in [0.25, 0.3) is 0 Å². The molecule has 1 aliphatic rings. The third-order valence-corrected chi connectivity index (χ3v) is 4.66. The first-order valence-electron chi connectivity index (χ1n) is 6.57. The van der Waals surface area contributed by atoms with Crippen LogP contribution < -0.4 is 5.32 Å². The summed E-state index contributed by atoms with van der Waals surface area (Å²) in [5.74, 6) is -0.450. The molecule has 2 heterocycles. The van der Waals surface area contributed by atoms with Crippen molar-refractivity contribution in [2.24, 2.45) is 0 Å². The molecule has 7 heteroatoms. The van der Waals surface area contributed by atoms with E-state index in [1.807, 2.05) is 18.0 Å². The van der Waals surface area contributed by atoms with E-state index in [-0.39, 0.29) is 17.1 Å². The highest BCUT2D eigenvalue weighted by Gasteiger charge is 2.37. The minimum Gasteiger partial charge on any atom is -0.353 e. The summed E-state index contributed by atoms with van der Waals surface area (Å²) in [7, 11) is 1.89. The highest BCUT2D eigenvalue weighted by molar-refractivity contribution is 7.80. The lowest BCUT2D eigenvalue weighted by atomic mass is 9.95. The van der Waals surface area contributed by atoms with Crippen LogP contribution in [0.4, 0.5) is 4.39 Å². The van der Waals surface area contributed by atoms with Crippen molar-refractivity contribution < 1.29 is 4.39 Å². The summed E-state index contributed by atoms with van der Waals surface area (Å²) in [4.78, 5) is 6.04. The van der Waals surface area contributed by atoms with Gasteiger partial charge < -0.3 is 10.2 Å². The van der Waals surface area contributed by atoms with E-state index in [2.05, 4.69) is 10.3 Å². The molecule has 0 saturated carbocycles. The number of nitrogens with one attached hydrogen (secondary N) is 1. The highest BCUT2D eigenvalue weighted by atomic mass is 35.5.